The van der Waals surface area contributed by atoms with Gasteiger partial charge in [0.1, 0.15) is 52.0 Å². The lowest BCUT2D eigenvalue weighted by Crippen LogP contribution is -2.07. The van der Waals surface area contributed by atoms with Crippen LogP contribution in [0.15, 0.2) is 24.3 Å². The Morgan fingerprint density at radius 1 is 0.576 bits per heavy atom. The van der Waals surface area contributed by atoms with Gasteiger partial charge in [-0.25, -0.2) is 19.2 Å². The Morgan fingerprint density at radius 3 is 1.06 bits per heavy atom. The number of hydrogen-bond acceptors (Lipinski definition) is 12. The summed E-state index contributed by atoms with van der Waals surface area (Å²) in [6.07, 6.45) is 0. The van der Waals surface area contributed by atoms with Gasteiger partial charge < -0.3 is 55.8 Å². The lowest BCUT2D eigenvalue weighted by atomic mass is 10.1. The molecule has 180 valence electrons. The maximum Gasteiger partial charge on any atom is 0.344 e. The lowest BCUT2D eigenvalue weighted by molar-refractivity contribution is 0.00645. The van der Waals surface area contributed by atoms with Gasteiger partial charge in [0, 0.05) is 0 Å². The predicted octanol–water partition coefficient (Wildman–Crippen LogP) is -0.675. The third kappa shape index (κ3) is 8.21. The van der Waals surface area contributed by atoms with E-state index in [4.69, 9.17) is 40.9 Å². The molecule has 2 rings (SSSR count). The summed E-state index contributed by atoms with van der Waals surface area (Å²) in [5.74, 6) is -8.17. The molecule has 0 fully saturated rings. The maximum absolute atomic E-state index is 11.1. The van der Waals surface area contributed by atoms with Gasteiger partial charge in [-0.05, 0) is 24.3 Å². The number of phenolic OH excluding ortho intramolecular Hbond substituents is 1. The summed E-state index contributed by atoms with van der Waals surface area (Å²) in [5.41, 5.74) is -2.07. The third-order valence-corrected chi connectivity index (χ3v) is 3.33. The zero-order chi connectivity index (χ0) is 25.9. The highest BCUT2D eigenvalue weighted by atomic mass is 16.6. The first-order valence-corrected chi connectivity index (χ1v) is 8.13. The summed E-state index contributed by atoms with van der Waals surface area (Å²) in [5, 5.41) is 84.9. The molecule has 10 N–H and O–H groups in total. The number of aromatic carboxylic acids is 3. The second-order valence-electron chi connectivity index (χ2n) is 5.39. The minimum atomic E-state index is -1.45. The smallest absolute Gasteiger partial charge is 0.344 e. The summed E-state index contributed by atoms with van der Waals surface area (Å²) in [7, 11) is 0. The zero-order valence-corrected chi connectivity index (χ0v) is 16.2. The quantitative estimate of drug-likeness (QED) is 0.146. The van der Waals surface area contributed by atoms with Gasteiger partial charge >= 0.3 is 23.9 Å². The molecule has 0 unspecified atom stereocenters. The summed E-state index contributed by atoms with van der Waals surface area (Å²) in [4.78, 5) is 42.5. The highest BCUT2D eigenvalue weighted by Gasteiger charge is 2.19. The Bertz CT molecular complexity index is 988. The summed E-state index contributed by atoms with van der Waals surface area (Å²) in [6.45, 7) is -1.64. The molecule has 0 radical (unpaired) electrons. The molecule has 2 aromatic rings. The highest BCUT2D eigenvalue weighted by Crippen LogP contribution is 2.28. The summed E-state index contributed by atoms with van der Waals surface area (Å²) < 4.78 is 4.16. The molecule has 0 heterocycles. The van der Waals surface area contributed by atoms with Crippen LogP contribution in [-0.2, 0) is 4.74 Å². The maximum atomic E-state index is 11.1. The van der Waals surface area contributed by atoms with Crippen molar-refractivity contribution in [2.45, 2.75) is 0 Å². The van der Waals surface area contributed by atoms with Crippen molar-refractivity contribution in [1.82, 2.24) is 0 Å². The molecule has 33 heavy (non-hydrogen) atoms. The van der Waals surface area contributed by atoms with Crippen LogP contribution >= 0.6 is 0 Å². The minimum absolute atomic E-state index is 0.434. The number of ether oxygens (including phenoxy) is 1. The number of carboxylic acids is 3. The molecule has 0 atom stereocenters. The molecule has 0 aliphatic heterocycles. The van der Waals surface area contributed by atoms with Gasteiger partial charge in [0.05, 0.1) is 0 Å². The van der Waals surface area contributed by atoms with E-state index in [-0.39, 0.29) is 0 Å². The van der Waals surface area contributed by atoms with E-state index in [1.807, 2.05) is 0 Å². The van der Waals surface area contributed by atoms with Crippen LogP contribution in [0, 0.1) is 0 Å². The Hall–Kier alpha value is -4.60. The van der Waals surface area contributed by atoms with E-state index in [2.05, 4.69) is 4.74 Å². The number of aliphatic hydroxyl groups excluding tert-OH is 2. The van der Waals surface area contributed by atoms with Crippen LogP contribution in [0.4, 0.5) is 0 Å². The van der Waals surface area contributed by atoms with E-state index in [1.165, 1.54) is 0 Å². The number of benzene rings is 2. The van der Waals surface area contributed by atoms with Crippen molar-refractivity contribution in [2.24, 2.45) is 0 Å². The van der Waals surface area contributed by atoms with Crippen molar-refractivity contribution in [3.8, 4) is 23.0 Å². The fourth-order valence-electron chi connectivity index (χ4n) is 1.97. The van der Waals surface area contributed by atoms with Gasteiger partial charge in [-0.1, -0.05) is 0 Å². The van der Waals surface area contributed by atoms with E-state index in [9.17, 15) is 29.4 Å². The van der Waals surface area contributed by atoms with E-state index < -0.39 is 82.7 Å². The molecule has 0 amide bonds. The predicted molar refractivity (Wildman–Crippen MR) is 102 cm³/mol. The average Bonchev–Trinajstić information content (AvgIpc) is 2.71. The van der Waals surface area contributed by atoms with Gasteiger partial charge in [0.25, 0.3) is 0 Å². The van der Waals surface area contributed by atoms with Crippen LogP contribution in [0.5, 0.6) is 23.0 Å². The Labute approximate surface area is 182 Å². The monoisotopic (exact) mass is 474 g/mol. The molecular weight excluding hydrogens is 456 g/mol. The largest absolute Gasteiger partial charge is 0.507 e. The topological polar surface area (TPSA) is 280 Å². The standard InChI is InChI=1S/C9H8O7.C8H6O6.CH4O2/c10-3-16-9(15)5-2-6(11)4(8(13)14)1-7(5)12;9-5-1-3(7(11)12)6(10)2-4(5)8(13)14;2-1-3/h1-2,10-12H,3H2,(H,13,14);1-2,9-10H,(H,11,12)(H,13,14);2-3H,1H2. The van der Waals surface area contributed by atoms with E-state index in [1.54, 1.807) is 0 Å². The molecule has 0 bridgehead atoms. The van der Waals surface area contributed by atoms with Crippen molar-refractivity contribution >= 4 is 23.9 Å². The molecule has 0 aromatic heterocycles. The van der Waals surface area contributed by atoms with Crippen molar-refractivity contribution < 1.29 is 75.0 Å². The zero-order valence-electron chi connectivity index (χ0n) is 16.2. The Morgan fingerprint density at radius 2 is 0.818 bits per heavy atom. The van der Waals surface area contributed by atoms with E-state index in [0.29, 0.717) is 18.2 Å². The Balaban J connectivity index is 0.000000558. The van der Waals surface area contributed by atoms with Crippen molar-refractivity contribution in [2.75, 3.05) is 13.6 Å². The summed E-state index contributed by atoms with van der Waals surface area (Å²) in [6, 6.07) is 2.82. The van der Waals surface area contributed by atoms with Gasteiger partial charge in [-0.15, -0.1) is 0 Å². The first-order valence-electron chi connectivity index (χ1n) is 8.13. The lowest BCUT2D eigenvalue weighted by Gasteiger charge is -2.06. The number of esters is 1. The second-order valence-corrected chi connectivity index (χ2v) is 5.39. The molecule has 2 aromatic carbocycles. The normalized spacial score (nSPS) is 9.42. The number of rotatable bonds is 5. The van der Waals surface area contributed by atoms with Gasteiger partial charge in [-0.3, -0.25) is 0 Å². The fourth-order valence-corrected chi connectivity index (χ4v) is 1.97. The number of carbonyl (C=O) groups excluding carboxylic acids is 1. The number of hydrogen-bond donors (Lipinski definition) is 10. The Kier molecular flexibility index (Phi) is 11.1. The van der Waals surface area contributed by atoms with Gasteiger partial charge in [-0.2, -0.15) is 0 Å². The molecule has 0 saturated heterocycles. The number of aromatic hydroxyl groups is 4. The third-order valence-electron chi connectivity index (χ3n) is 3.33. The van der Waals surface area contributed by atoms with Gasteiger partial charge in [0.15, 0.2) is 6.79 Å². The molecule has 0 aliphatic rings. The molecule has 15 heteroatoms. The van der Waals surface area contributed by atoms with Crippen molar-refractivity contribution in [1.29, 1.82) is 0 Å². The van der Waals surface area contributed by atoms with Crippen LogP contribution in [0.25, 0.3) is 0 Å². The van der Waals surface area contributed by atoms with Crippen LogP contribution in [0.3, 0.4) is 0 Å². The van der Waals surface area contributed by atoms with Crippen LogP contribution < -0.4 is 0 Å². The second kappa shape index (κ2) is 13.0. The van der Waals surface area contributed by atoms with Crippen molar-refractivity contribution in [3.05, 3.63) is 46.5 Å². The first-order chi connectivity index (χ1) is 15.3. The molecule has 0 spiro atoms. The van der Waals surface area contributed by atoms with Crippen LogP contribution in [-0.4, -0.2) is 88.5 Å². The number of aliphatic hydroxyl groups is 3. The highest BCUT2D eigenvalue weighted by molar-refractivity contribution is 5.98. The molecule has 0 aliphatic carbocycles. The summed E-state index contributed by atoms with van der Waals surface area (Å²) >= 11 is 0. The fraction of sp³-hybridized carbons (Fsp3) is 0.111. The molecule has 15 nitrogen and oxygen atoms in total. The number of phenols is 4. The van der Waals surface area contributed by atoms with Crippen molar-refractivity contribution in [3.63, 3.8) is 0 Å². The van der Waals surface area contributed by atoms with Crippen LogP contribution in [0.2, 0.25) is 0 Å². The van der Waals surface area contributed by atoms with E-state index >= 15 is 0 Å². The first kappa shape index (κ1) is 28.4. The van der Waals surface area contributed by atoms with Gasteiger partial charge in [0.2, 0.25) is 0 Å². The average molecular weight is 474 g/mol. The minimum Gasteiger partial charge on any atom is -0.507 e. The number of carboxylic acid groups (broad SMARTS) is 3. The number of carbonyl (C=O) groups is 4. The SMILES string of the molecule is O=C(O)c1cc(O)c(C(=O)O)cc1O.O=C(O)c1cc(O)c(C(=O)OCO)cc1O.OCO. The molecule has 0 saturated carbocycles. The van der Waals surface area contributed by atoms with Crippen LogP contribution in [0.1, 0.15) is 41.4 Å². The molecular formula is C18H18O15. The van der Waals surface area contributed by atoms with E-state index in [0.717, 1.165) is 6.07 Å².